The summed E-state index contributed by atoms with van der Waals surface area (Å²) in [4.78, 5) is 10.3. The van der Waals surface area contributed by atoms with Crippen molar-refractivity contribution in [3.63, 3.8) is 0 Å². The van der Waals surface area contributed by atoms with E-state index in [2.05, 4.69) is 0 Å². The van der Waals surface area contributed by atoms with Gasteiger partial charge >= 0.3 is 0 Å². The smallest absolute Gasteiger partial charge is 0.273 e. The molecule has 0 radical (unpaired) electrons. The highest BCUT2D eigenvalue weighted by molar-refractivity contribution is 6.32. The Morgan fingerprint density at radius 3 is 2.65 bits per heavy atom. The lowest BCUT2D eigenvalue weighted by Gasteiger charge is -2.10. The second-order valence-electron chi connectivity index (χ2n) is 4.59. The Hall–Kier alpha value is -2.07. The van der Waals surface area contributed by atoms with Crippen LogP contribution in [0.3, 0.4) is 0 Å². The second-order valence-corrected chi connectivity index (χ2v) is 5.00. The zero-order valence-electron chi connectivity index (χ0n) is 11.2. The van der Waals surface area contributed by atoms with E-state index in [0.717, 1.165) is 16.7 Å². The lowest BCUT2D eigenvalue weighted by molar-refractivity contribution is -0.384. The van der Waals surface area contributed by atoms with Crippen LogP contribution in [0.4, 0.5) is 5.69 Å². The standard InChI is InChI=1S/C15H14ClNO3/c1-10-3-4-11(2)12(7-10)9-20-15-8-13(17(18)19)5-6-14(15)16/h3-8H,9H2,1-2H3. The van der Waals surface area contributed by atoms with Crippen LogP contribution in [0.2, 0.25) is 5.02 Å². The molecule has 0 spiro atoms. The molecule has 0 aromatic heterocycles. The Labute approximate surface area is 122 Å². The molecule has 104 valence electrons. The molecule has 2 aromatic rings. The van der Waals surface area contributed by atoms with Crippen molar-refractivity contribution >= 4 is 17.3 Å². The summed E-state index contributed by atoms with van der Waals surface area (Å²) < 4.78 is 5.61. The van der Waals surface area contributed by atoms with Crippen LogP contribution in [0.1, 0.15) is 16.7 Å². The molecular weight excluding hydrogens is 278 g/mol. The fourth-order valence-electron chi connectivity index (χ4n) is 1.83. The van der Waals surface area contributed by atoms with Gasteiger partial charge in [-0.3, -0.25) is 10.1 Å². The highest BCUT2D eigenvalue weighted by Crippen LogP contribution is 2.29. The second kappa shape index (κ2) is 5.92. The third-order valence-electron chi connectivity index (χ3n) is 3.01. The molecule has 20 heavy (non-hydrogen) atoms. The maximum Gasteiger partial charge on any atom is 0.273 e. The molecule has 0 N–H and O–H groups in total. The number of benzene rings is 2. The van der Waals surface area contributed by atoms with Gasteiger partial charge in [0, 0.05) is 6.07 Å². The maximum atomic E-state index is 10.7. The predicted octanol–water partition coefficient (Wildman–Crippen LogP) is 4.44. The topological polar surface area (TPSA) is 52.4 Å². The average molecular weight is 292 g/mol. The molecular formula is C15H14ClNO3. The van der Waals surface area contributed by atoms with E-state index in [-0.39, 0.29) is 5.69 Å². The van der Waals surface area contributed by atoms with Crippen molar-refractivity contribution in [1.29, 1.82) is 0 Å². The van der Waals surface area contributed by atoms with Gasteiger partial charge in [0.25, 0.3) is 5.69 Å². The van der Waals surface area contributed by atoms with Gasteiger partial charge in [0.05, 0.1) is 16.0 Å². The van der Waals surface area contributed by atoms with Crippen LogP contribution >= 0.6 is 11.6 Å². The molecule has 0 aliphatic carbocycles. The summed E-state index contributed by atoms with van der Waals surface area (Å²) in [5.74, 6) is 0.321. The number of nitro groups is 1. The first-order valence-electron chi connectivity index (χ1n) is 6.10. The molecule has 0 heterocycles. The molecule has 5 heteroatoms. The summed E-state index contributed by atoms with van der Waals surface area (Å²) in [5, 5.41) is 11.1. The first-order valence-corrected chi connectivity index (χ1v) is 6.48. The Morgan fingerprint density at radius 1 is 1.20 bits per heavy atom. The van der Waals surface area contributed by atoms with Gasteiger partial charge in [0.15, 0.2) is 0 Å². The normalized spacial score (nSPS) is 10.3. The van der Waals surface area contributed by atoms with Crippen LogP contribution in [0.25, 0.3) is 0 Å². The van der Waals surface area contributed by atoms with Crippen LogP contribution in [-0.4, -0.2) is 4.92 Å². The number of rotatable bonds is 4. The molecule has 0 atom stereocenters. The van der Waals surface area contributed by atoms with Crippen LogP contribution in [0, 0.1) is 24.0 Å². The molecule has 2 aromatic carbocycles. The fourth-order valence-corrected chi connectivity index (χ4v) is 2.00. The Balaban J connectivity index is 2.20. The molecule has 0 fully saturated rings. The number of aryl methyl sites for hydroxylation is 2. The van der Waals surface area contributed by atoms with E-state index in [1.54, 1.807) is 0 Å². The summed E-state index contributed by atoms with van der Waals surface area (Å²) >= 11 is 5.99. The number of nitrogens with zero attached hydrogens (tertiary/aromatic N) is 1. The van der Waals surface area contributed by atoms with Gasteiger partial charge in [0.1, 0.15) is 12.4 Å². The van der Waals surface area contributed by atoms with Crippen molar-refractivity contribution in [2.24, 2.45) is 0 Å². The Morgan fingerprint density at radius 2 is 1.95 bits per heavy atom. The Bertz CT molecular complexity index is 656. The minimum Gasteiger partial charge on any atom is -0.487 e. The molecule has 2 rings (SSSR count). The highest BCUT2D eigenvalue weighted by atomic mass is 35.5. The van der Waals surface area contributed by atoms with Gasteiger partial charge in [-0.25, -0.2) is 0 Å². The van der Waals surface area contributed by atoms with Gasteiger partial charge in [0.2, 0.25) is 0 Å². The lowest BCUT2D eigenvalue weighted by atomic mass is 10.1. The van der Waals surface area contributed by atoms with Crippen LogP contribution in [0.5, 0.6) is 5.75 Å². The van der Waals surface area contributed by atoms with E-state index in [1.165, 1.54) is 18.2 Å². The quantitative estimate of drug-likeness (QED) is 0.618. The zero-order chi connectivity index (χ0) is 14.7. The summed E-state index contributed by atoms with van der Waals surface area (Å²) in [6, 6.07) is 10.2. The number of non-ortho nitro benzene ring substituents is 1. The zero-order valence-corrected chi connectivity index (χ0v) is 12.0. The van der Waals surface area contributed by atoms with Crippen molar-refractivity contribution in [2.45, 2.75) is 20.5 Å². The lowest BCUT2D eigenvalue weighted by Crippen LogP contribution is -1.99. The number of halogens is 1. The van der Waals surface area contributed by atoms with E-state index in [9.17, 15) is 10.1 Å². The van der Waals surface area contributed by atoms with E-state index in [0.29, 0.717) is 17.4 Å². The Kier molecular flexibility index (Phi) is 4.25. The SMILES string of the molecule is Cc1ccc(C)c(COc2cc([N+](=O)[O-])ccc2Cl)c1. The fraction of sp³-hybridized carbons (Fsp3) is 0.200. The third-order valence-corrected chi connectivity index (χ3v) is 3.33. The van der Waals surface area contributed by atoms with E-state index in [1.807, 2.05) is 32.0 Å². The van der Waals surface area contributed by atoms with Crippen LogP contribution in [0.15, 0.2) is 36.4 Å². The molecule has 0 saturated heterocycles. The van der Waals surface area contributed by atoms with Gasteiger partial charge in [-0.2, -0.15) is 0 Å². The minimum atomic E-state index is -0.471. The predicted molar refractivity (Wildman–Crippen MR) is 78.4 cm³/mol. The molecule has 0 unspecified atom stereocenters. The maximum absolute atomic E-state index is 10.7. The molecule has 4 nitrogen and oxygen atoms in total. The first kappa shape index (κ1) is 14.3. The third kappa shape index (κ3) is 3.27. The van der Waals surface area contributed by atoms with Crippen molar-refractivity contribution < 1.29 is 9.66 Å². The number of hydrogen-bond donors (Lipinski definition) is 0. The van der Waals surface area contributed by atoms with Gasteiger partial charge < -0.3 is 4.74 Å². The monoisotopic (exact) mass is 291 g/mol. The first-order chi connectivity index (χ1) is 9.47. The molecule has 0 aliphatic heterocycles. The highest BCUT2D eigenvalue weighted by Gasteiger charge is 2.11. The number of ether oxygens (including phenoxy) is 1. The molecule has 0 bridgehead atoms. The number of hydrogen-bond acceptors (Lipinski definition) is 3. The van der Waals surface area contributed by atoms with E-state index in [4.69, 9.17) is 16.3 Å². The van der Waals surface area contributed by atoms with Crippen molar-refractivity contribution in [3.8, 4) is 5.75 Å². The van der Waals surface area contributed by atoms with E-state index < -0.39 is 4.92 Å². The summed E-state index contributed by atoms with van der Waals surface area (Å²) in [6.45, 7) is 4.32. The largest absolute Gasteiger partial charge is 0.487 e. The van der Waals surface area contributed by atoms with Crippen LogP contribution in [-0.2, 0) is 6.61 Å². The number of nitro benzene ring substituents is 1. The summed E-state index contributed by atoms with van der Waals surface area (Å²) in [7, 11) is 0. The van der Waals surface area contributed by atoms with Crippen LogP contribution < -0.4 is 4.74 Å². The van der Waals surface area contributed by atoms with Crippen molar-refractivity contribution in [1.82, 2.24) is 0 Å². The van der Waals surface area contributed by atoms with E-state index >= 15 is 0 Å². The van der Waals surface area contributed by atoms with Gasteiger partial charge in [-0.05, 0) is 31.0 Å². The van der Waals surface area contributed by atoms with Gasteiger partial charge in [-0.1, -0.05) is 35.4 Å². The summed E-state index contributed by atoms with van der Waals surface area (Å²) in [5.41, 5.74) is 3.24. The molecule has 0 amide bonds. The van der Waals surface area contributed by atoms with Gasteiger partial charge in [-0.15, -0.1) is 0 Å². The summed E-state index contributed by atoms with van der Waals surface area (Å²) in [6.07, 6.45) is 0. The average Bonchev–Trinajstić information content (AvgIpc) is 2.41. The van der Waals surface area contributed by atoms with Crippen molar-refractivity contribution in [3.05, 3.63) is 68.2 Å². The van der Waals surface area contributed by atoms with Crippen molar-refractivity contribution in [2.75, 3.05) is 0 Å². The molecule has 0 aliphatic rings. The molecule has 0 saturated carbocycles. The minimum absolute atomic E-state index is 0.0367.